The molecule has 0 aliphatic carbocycles. The quantitative estimate of drug-likeness (QED) is 0.733. The van der Waals surface area contributed by atoms with Crippen LogP contribution in [0.5, 0.6) is 0 Å². The zero-order chi connectivity index (χ0) is 10.1. The number of nitrogens with two attached hydrogens (primary N) is 1. The van der Waals surface area contributed by atoms with E-state index >= 15 is 0 Å². The number of aliphatic hydroxyl groups excluding tert-OH is 1. The highest BCUT2D eigenvalue weighted by atomic mass is 32.1. The van der Waals surface area contributed by atoms with Gasteiger partial charge >= 0.3 is 0 Å². The number of hydrogen-bond acceptors (Lipinski definition) is 6. The Morgan fingerprint density at radius 2 is 2.36 bits per heavy atom. The van der Waals surface area contributed by atoms with Crippen LogP contribution in [0.25, 0.3) is 4.96 Å². The molecule has 0 fully saturated rings. The Hall–Kier alpha value is -1.05. The van der Waals surface area contributed by atoms with Crippen molar-refractivity contribution < 1.29 is 5.11 Å². The fraction of sp³-hybridized carbons (Fsp3) is 0.571. The lowest BCUT2D eigenvalue weighted by Crippen LogP contribution is -2.11. The number of rotatable bonds is 3. The number of aromatic nitrogens is 4. The normalized spacial score (nSPS) is 13.6. The molecule has 1 atom stereocenters. The molecular formula is C7H11N5OS. The SMILES string of the molecule is CCc1nnc2sc(C(O)CN)nn12. The first-order chi connectivity index (χ1) is 6.76. The number of aliphatic hydroxyl groups is 1. The highest BCUT2D eigenvalue weighted by Crippen LogP contribution is 2.19. The molecule has 2 rings (SSSR count). The summed E-state index contributed by atoms with van der Waals surface area (Å²) in [5.41, 5.74) is 5.34. The van der Waals surface area contributed by atoms with E-state index in [1.165, 1.54) is 11.3 Å². The maximum Gasteiger partial charge on any atom is 0.234 e. The summed E-state index contributed by atoms with van der Waals surface area (Å²) in [5.74, 6) is 0.798. The molecule has 2 aromatic heterocycles. The van der Waals surface area contributed by atoms with E-state index in [-0.39, 0.29) is 6.54 Å². The van der Waals surface area contributed by atoms with Gasteiger partial charge in [-0.05, 0) is 0 Å². The van der Waals surface area contributed by atoms with Gasteiger partial charge in [0.1, 0.15) is 11.1 Å². The number of nitrogens with zero attached hydrogens (tertiary/aromatic N) is 4. The lowest BCUT2D eigenvalue weighted by atomic mass is 10.4. The summed E-state index contributed by atoms with van der Waals surface area (Å²) < 4.78 is 1.65. The molecule has 1 unspecified atom stereocenters. The minimum atomic E-state index is -0.702. The van der Waals surface area contributed by atoms with E-state index in [2.05, 4.69) is 15.3 Å². The minimum Gasteiger partial charge on any atom is -0.385 e. The van der Waals surface area contributed by atoms with Crippen molar-refractivity contribution in [2.24, 2.45) is 5.73 Å². The van der Waals surface area contributed by atoms with Gasteiger partial charge in [0, 0.05) is 13.0 Å². The predicted molar refractivity (Wildman–Crippen MR) is 52.1 cm³/mol. The molecule has 0 bridgehead atoms. The maximum absolute atomic E-state index is 9.47. The van der Waals surface area contributed by atoms with Gasteiger partial charge in [-0.1, -0.05) is 18.3 Å². The van der Waals surface area contributed by atoms with Crippen molar-refractivity contribution in [1.29, 1.82) is 0 Å². The molecule has 0 amide bonds. The van der Waals surface area contributed by atoms with Crippen molar-refractivity contribution in [2.45, 2.75) is 19.4 Å². The van der Waals surface area contributed by atoms with Crippen LogP contribution in [0.2, 0.25) is 0 Å². The molecule has 0 spiro atoms. The van der Waals surface area contributed by atoms with E-state index in [0.717, 1.165) is 12.2 Å². The fourth-order valence-electron chi connectivity index (χ4n) is 1.13. The Bertz CT molecular complexity index is 436. The second-order valence-electron chi connectivity index (χ2n) is 2.86. The summed E-state index contributed by atoms with van der Waals surface area (Å²) in [6.07, 6.45) is 0.0645. The van der Waals surface area contributed by atoms with E-state index in [4.69, 9.17) is 5.73 Å². The predicted octanol–water partition coefficient (Wildman–Crippen LogP) is -0.260. The molecule has 76 valence electrons. The monoisotopic (exact) mass is 213 g/mol. The van der Waals surface area contributed by atoms with Gasteiger partial charge in [0.15, 0.2) is 5.82 Å². The highest BCUT2D eigenvalue weighted by molar-refractivity contribution is 7.16. The second kappa shape index (κ2) is 3.60. The van der Waals surface area contributed by atoms with Gasteiger partial charge in [-0.3, -0.25) is 0 Å². The highest BCUT2D eigenvalue weighted by Gasteiger charge is 2.15. The van der Waals surface area contributed by atoms with Gasteiger partial charge in [-0.25, -0.2) is 0 Å². The van der Waals surface area contributed by atoms with Crippen molar-refractivity contribution in [3.8, 4) is 0 Å². The Morgan fingerprint density at radius 3 is 3.00 bits per heavy atom. The van der Waals surface area contributed by atoms with Crippen LogP contribution in [-0.4, -0.2) is 31.5 Å². The number of fused-ring (bicyclic) bond motifs is 1. The molecule has 0 saturated heterocycles. The fourth-order valence-corrected chi connectivity index (χ4v) is 1.98. The van der Waals surface area contributed by atoms with Gasteiger partial charge < -0.3 is 10.8 Å². The first-order valence-electron chi connectivity index (χ1n) is 4.35. The van der Waals surface area contributed by atoms with Crippen molar-refractivity contribution in [1.82, 2.24) is 19.8 Å². The third-order valence-corrected chi connectivity index (χ3v) is 2.90. The summed E-state index contributed by atoms with van der Waals surface area (Å²) in [4.78, 5) is 0.698. The zero-order valence-corrected chi connectivity index (χ0v) is 8.53. The molecule has 14 heavy (non-hydrogen) atoms. The van der Waals surface area contributed by atoms with Crippen molar-refractivity contribution >= 4 is 16.3 Å². The van der Waals surface area contributed by atoms with Crippen LogP contribution in [0.4, 0.5) is 0 Å². The van der Waals surface area contributed by atoms with Crippen LogP contribution in [-0.2, 0) is 6.42 Å². The van der Waals surface area contributed by atoms with Crippen molar-refractivity contribution in [3.05, 3.63) is 10.8 Å². The summed E-state index contributed by atoms with van der Waals surface area (Å²) in [6.45, 7) is 2.15. The number of hydrogen-bond donors (Lipinski definition) is 2. The minimum absolute atomic E-state index is 0.172. The largest absolute Gasteiger partial charge is 0.385 e. The maximum atomic E-state index is 9.47. The molecule has 6 nitrogen and oxygen atoms in total. The Kier molecular flexibility index (Phi) is 2.44. The molecule has 0 aliphatic heterocycles. The van der Waals surface area contributed by atoms with Crippen LogP contribution < -0.4 is 5.73 Å². The standard InChI is InChI=1S/C7H11N5OS/c1-2-5-9-10-7-12(5)11-6(14-7)4(13)3-8/h4,13H,2-3,8H2,1H3. The molecule has 2 aromatic rings. The first-order valence-corrected chi connectivity index (χ1v) is 5.17. The van der Waals surface area contributed by atoms with Crippen molar-refractivity contribution in [2.75, 3.05) is 6.54 Å². The molecule has 0 aliphatic rings. The molecule has 0 radical (unpaired) electrons. The van der Waals surface area contributed by atoms with E-state index in [9.17, 15) is 5.11 Å². The summed E-state index contributed by atoms with van der Waals surface area (Å²) in [7, 11) is 0. The molecule has 0 aromatic carbocycles. The lowest BCUT2D eigenvalue weighted by Gasteiger charge is -1.99. The average molecular weight is 213 g/mol. The van der Waals surface area contributed by atoms with Gasteiger partial charge in [-0.2, -0.15) is 9.61 Å². The molecule has 2 heterocycles. The van der Waals surface area contributed by atoms with Crippen LogP contribution in [0, 0.1) is 0 Å². The van der Waals surface area contributed by atoms with Crippen LogP contribution in [0.3, 0.4) is 0 Å². The molecule has 0 saturated carbocycles. The summed E-state index contributed by atoms with van der Waals surface area (Å²) in [5, 5.41) is 22.1. The lowest BCUT2D eigenvalue weighted by molar-refractivity contribution is 0.185. The van der Waals surface area contributed by atoms with Gasteiger partial charge in [-0.15, -0.1) is 10.2 Å². The third kappa shape index (κ3) is 1.39. The molecule has 7 heteroatoms. The Balaban J connectivity index is 2.46. The van der Waals surface area contributed by atoms with E-state index in [0.29, 0.717) is 9.97 Å². The molecular weight excluding hydrogens is 202 g/mol. The smallest absolute Gasteiger partial charge is 0.234 e. The van der Waals surface area contributed by atoms with Crippen LogP contribution in [0.1, 0.15) is 23.9 Å². The zero-order valence-electron chi connectivity index (χ0n) is 7.71. The first kappa shape index (κ1) is 9.50. The van der Waals surface area contributed by atoms with Gasteiger partial charge in [0.05, 0.1) is 0 Å². The average Bonchev–Trinajstić information content (AvgIpc) is 2.74. The van der Waals surface area contributed by atoms with Gasteiger partial charge in [0.25, 0.3) is 0 Å². The van der Waals surface area contributed by atoms with Crippen LogP contribution >= 0.6 is 11.3 Å². The molecule has 3 N–H and O–H groups in total. The van der Waals surface area contributed by atoms with Crippen LogP contribution in [0.15, 0.2) is 0 Å². The van der Waals surface area contributed by atoms with E-state index < -0.39 is 6.10 Å². The summed E-state index contributed by atoms with van der Waals surface area (Å²) in [6, 6.07) is 0. The van der Waals surface area contributed by atoms with Crippen molar-refractivity contribution in [3.63, 3.8) is 0 Å². The third-order valence-electron chi connectivity index (χ3n) is 1.90. The second-order valence-corrected chi connectivity index (χ2v) is 3.84. The summed E-state index contributed by atoms with van der Waals surface area (Å²) >= 11 is 1.31. The number of aryl methyl sites for hydroxylation is 1. The van der Waals surface area contributed by atoms with E-state index in [1.807, 2.05) is 6.92 Å². The Labute approximate surface area is 84.4 Å². The van der Waals surface area contributed by atoms with E-state index in [1.54, 1.807) is 4.52 Å². The topological polar surface area (TPSA) is 89.3 Å². The Morgan fingerprint density at radius 1 is 1.57 bits per heavy atom. The van der Waals surface area contributed by atoms with Gasteiger partial charge in [0.2, 0.25) is 4.96 Å².